The van der Waals surface area contributed by atoms with Crippen LogP contribution in [0, 0.1) is 6.92 Å². The van der Waals surface area contributed by atoms with E-state index >= 15 is 0 Å². The van der Waals surface area contributed by atoms with Crippen LogP contribution < -0.4 is 10.1 Å². The Morgan fingerprint density at radius 3 is 2.73 bits per heavy atom. The minimum atomic E-state index is -0.154. The number of carbonyl (C=O) groups is 1. The predicted molar refractivity (Wildman–Crippen MR) is 124 cm³/mol. The van der Waals surface area contributed by atoms with Crippen LogP contribution in [0.4, 0.5) is 10.5 Å². The zero-order valence-corrected chi connectivity index (χ0v) is 18.9. The average molecular weight is 441 g/mol. The van der Waals surface area contributed by atoms with E-state index in [9.17, 15) is 4.79 Å². The van der Waals surface area contributed by atoms with E-state index in [0.717, 1.165) is 18.4 Å². The van der Waals surface area contributed by atoms with E-state index in [0.29, 0.717) is 23.0 Å². The molecule has 2 amide bonds. The van der Waals surface area contributed by atoms with Gasteiger partial charge < -0.3 is 15.0 Å². The number of amides is 2. The molecular weight excluding hydrogens is 416 g/mol. The number of hydrogen-bond acceptors (Lipinski definition) is 3. The lowest BCUT2D eigenvalue weighted by Gasteiger charge is -2.36. The van der Waals surface area contributed by atoms with E-state index in [1.54, 1.807) is 25.3 Å². The predicted octanol–water partition coefficient (Wildman–Crippen LogP) is 6.46. The highest BCUT2D eigenvalue weighted by Crippen LogP contribution is 2.43. The normalized spacial score (nSPS) is 15.6. The molecule has 156 valence electrons. The second kappa shape index (κ2) is 8.70. The first-order valence-corrected chi connectivity index (χ1v) is 11.3. The van der Waals surface area contributed by atoms with Gasteiger partial charge in [-0.3, -0.25) is 0 Å². The van der Waals surface area contributed by atoms with E-state index in [4.69, 9.17) is 16.3 Å². The van der Waals surface area contributed by atoms with E-state index in [1.807, 2.05) is 34.4 Å². The number of halogens is 1. The molecule has 0 aliphatic carbocycles. The fourth-order valence-corrected chi connectivity index (χ4v) is 5.88. The number of nitrogens with zero attached hydrogens (tertiary/aromatic N) is 1. The molecule has 0 spiro atoms. The SMILES string of the molecule is CCc1c(C)sc2c1CCN(C(=O)Nc1cc(Cl)ccc1OC)[C@H]2c1ccccc1. The summed E-state index contributed by atoms with van der Waals surface area (Å²) < 4.78 is 5.40. The van der Waals surface area contributed by atoms with E-state index in [1.165, 1.54) is 20.9 Å². The van der Waals surface area contributed by atoms with Crippen LogP contribution in [0.3, 0.4) is 0 Å². The Kier molecular flexibility index (Phi) is 6.02. The molecule has 0 unspecified atom stereocenters. The van der Waals surface area contributed by atoms with Gasteiger partial charge in [-0.05, 0) is 54.7 Å². The van der Waals surface area contributed by atoms with Gasteiger partial charge in [0.05, 0.1) is 18.8 Å². The van der Waals surface area contributed by atoms with Crippen molar-refractivity contribution in [3.8, 4) is 5.75 Å². The van der Waals surface area contributed by atoms with Gasteiger partial charge in [0.1, 0.15) is 5.75 Å². The first-order valence-electron chi connectivity index (χ1n) is 10.1. The number of nitrogens with one attached hydrogen (secondary N) is 1. The third-order valence-electron chi connectivity index (χ3n) is 5.65. The third-order valence-corrected chi connectivity index (χ3v) is 7.12. The highest BCUT2D eigenvalue weighted by Gasteiger charge is 2.35. The molecule has 1 aliphatic heterocycles. The monoisotopic (exact) mass is 440 g/mol. The van der Waals surface area contributed by atoms with Crippen LogP contribution in [0.25, 0.3) is 0 Å². The zero-order valence-electron chi connectivity index (χ0n) is 17.4. The third kappa shape index (κ3) is 3.80. The van der Waals surface area contributed by atoms with Gasteiger partial charge in [-0.25, -0.2) is 4.79 Å². The summed E-state index contributed by atoms with van der Waals surface area (Å²) in [6, 6.07) is 15.2. The number of hydrogen-bond donors (Lipinski definition) is 1. The number of anilines is 1. The molecule has 1 atom stereocenters. The lowest BCUT2D eigenvalue weighted by Crippen LogP contribution is -2.42. The van der Waals surface area contributed by atoms with Crippen molar-refractivity contribution in [3.63, 3.8) is 0 Å². The van der Waals surface area contributed by atoms with Crippen molar-refractivity contribution in [2.24, 2.45) is 0 Å². The van der Waals surface area contributed by atoms with E-state index in [2.05, 4.69) is 31.3 Å². The number of urea groups is 1. The number of carbonyl (C=O) groups excluding carboxylic acids is 1. The number of fused-ring (bicyclic) bond motifs is 1. The fraction of sp³-hybridized carbons (Fsp3) is 0.292. The maximum atomic E-state index is 13.4. The first-order chi connectivity index (χ1) is 14.5. The van der Waals surface area contributed by atoms with Crippen LogP contribution in [0.2, 0.25) is 5.02 Å². The highest BCUT2D eigenvalue weighted by molar-refractivity contribution is 7.12. The standard InChI is InChI=1S/C24H25ClN2O2S/c1-4-18-15(2)30-23-19(18)12-13-27(22(23)16-8-6-5-7-9-16)24(28)26-20-14-17(25)10-11-21(20)29-3/h5-11,14,22H,4,12-13H2,1-3H3,(H,26,28)/t22-/m0/s1. The first kappa shape index (κ1) is 20.8. The molecule has 2 heterocycles. The Balaban J connectivity index is 1.73. The molecule has 3 aromatic rings. The van der Waals surface area contributed by atoms with E-state index in [-0.39, 0.29) is 12.1 Å². The second-order valence-corrected chi connectivity index (χ2v) is 9.06. The maximum Gasteiger partial charge on any atom is 0.322 e. The molecule has 0 fully saturated rings. The number of benzene rings is 2. The van der Waals surface area contributed by atoms with Gasteiger partial charge >= 0.3 is 6.03 Å². The van der Waals surface area contributed by atoms with E-state index < -0.39 is 0 Å². The summed E-state index contributed by atoms with van der Waals surface area (Å²) in [5.41, 5.74) is 4.55. The quantitative estimate of drug-likeness (QED) is 0.505. The molecule has 1 N–H and O–H groups in total. The number of aryl methyl sites for hydroxylation is 1. The van der Waals surface area contributed by atoms with Crippen molar-refractivity contribution in [1.29, 1.82) is 0 Å². The Hall–Kier alpha value is -2.50. The summed E-state index contributed by atoms with van der Waals surface area (Å²) in [5, 5.41) is 3.57. The molecule has 0 bridgehead atoms. The zero-order chi connectivity index (χ0) is 21.3. The number of methoxy groups -OCH3 is 1. The average Bonchev–Trinajstić information content (AvgIpc) is 3.08. The van der Waals surface area contributed by atoms with Crippen LogP contribution in [-0.4, -0.2) is 24.6 Å². The molecule has 30 heavy (non-hydrogen) atoms. The topological polar surface area (TPSA) is 41.6 Å². The molecule has 6 heteroatoms. The number of thiophene rings is 1. The van der Waals surface area contributed by atoms with Crippen molar-refractivity contribution < 1.29 is 9.53 Å². The van der Waals surface area contributed by atoms with Gasteiger partial charge in [0.25, 0.3) is 0 Å². The van der Waals surface area contributed by atoms with Crippen molar-refractivity contribution >= 4 is 34.7 Å². The van der Waals surface area contributed by atoms with Gasteiger partial charge in [0.15, 0.2) is 0 Å². The Bertz CT molecular complexity index is 1060. The van der Waals surface area contributed by atoms with Gasteiger partial charge in [-0.1, -0.05) is 48.9 Å². The molecular formula is C24H25ClN2O2S. The lowest BCUT2D eigenvalue weighted by molar-refractivity contribution is 0.195. The minimum Gasteiger partial charge on any atom is -0.495 e. The fourth-order valence-electron chi connectivity index (χ4n) is 4.26. The van der Waals surface area contributed by atoms with Gasteiger partial charge in [0, 0.05) is 21.3 Å². The largest absolute Gasteiger partial charge is 0.495 e. The van der Waals surface area contributed by atoms with Crippen LogP contribution in [0.1, 0.15) is 39.4 Å². The molecule has 0 saturated carbocycles. The number of ether oxygens (including phenoxy) is 1. The molecule has 0 saturated heterocycles. The summed E-state index contributed by atoms with van der Waals surface area (Å²) in [4.78, 5) is 18.0. The Morgan fingerprint density at radius 1 is 1.27 bits per heavy atom. The lowest BCUT2D eigenvalue weighted by atomic mass is 9.92. The Labute approximate surface area is 186 Å². The van der Waals surface area contributed by atoms with Gasteiger partial charge in [-0.15, -0.1) is 11.3 Å². The molecule has 0 radical (unpaired) electrons. The highest BCUT2D eigenvalue weighted by atomic mass is 35.5. The molecule has 1 aromatic heterocycles. The Morgan fingerprint density at radius 2 is 2.03 bits per heavy atom. The summed E-state index contributed by atoms with van der Waals surface area (Å²) in [5.74, 6) is 0.585. The maximum absolute atomic E-state index is 13.4. The van der Waals surface area contributed by atoms with Crippen molar-refractivity contribution in [2.75, 3.05) is 19.0 Å². The summed E-state index contributed by atoms with van der Waals surface area (Å²) in [6.07, 6.45) is 1.89. The van der Waals surface area contributed by atoms with Gasteiger partial charge in [-0.2, -0.15) is 0 Å². The summed E-state index contributed by atoms with van der Waals surface area (Å²) in [6.45, 7) is 5.05. The van der Waals surface area contributed by atoms with Crippen LogP contribution in [0.5, 0.6) is 5.75 Å². The van der Waals surface area contributed by atoms with Crippen molar-refractivity contribution in [3.05, 3.63) is 80.0 Å². The smallest absolute Gasteiger partial charge is 0.322 e. The molecule has 2 aromatic carbocycles. The van der Waals surface area contributed by atoms with Crippen molar-refractivity contribution in [2.45, 2.75) is 32.7 Å². The van der Waals surface area contributed by atoms with Crippen LogP contribution in [-0.2, 0) is 12.8 Å². The summed E-state index contributed by atoms with van der Waals surface area (Å²) in [7, 11) is 1.58. The van der Waals surface area contributed by atoms with Crippen LogP contribution >= 0.6 is 22.9 Å². The molecule has 1 aliphatic rings. The minimum absolute atomic E-state index is 0.107. The summed E-state index contributed by atoms with van der Waals surface area (Å²) >= 11 is 7.97. The van der Waals surface area contributed by atoms with Gasteiger partial charge in [0.2, 0.25) is 0 Å². The number of rotatable bonds is 4. The molecule has 4 nitrogen and oxygen atoms in total. The second-order valence-electron chi connectivity index (χ2n) is 7.36. The van der Waals surface area contributed by atoms with Crippen LogP contribution in [0.15, 0.2) is 48.5 Å². The van der Waals surface area contributed by atoms with Crippen molar-refractivity contribution in [1.82, 2.24) is 4.90 Å². The molecule has 4 rings (SSSR count).